The normalized spacial score (nSPS) is 11.0. The molecule has 10 heteroatoms. The number of carbonyl (C=O) groups is 1. The molecular formula is C20H25IN6O2S. The molecule has 0 radical (unpaired) electrons. The van der Waals surface area contributed by atoms with Gasteiger partial charge in [-0.3, -0.25) is 4.79 Å². The number of carbonyl (C=O) groups excluding carboxylic acids is 1. The van der Waals surface area contributed by atoms with E-state index in [1.54, 1.807) is 22.6 Å². The first-order valence-electron chi connectivity index (χ1n) is 9.84. The fraction of sp³-hybridized carbons (Fsp3) is 0.400. The van der Waals surface area contributed by atoms with Gasteiger partial charge in [-0.25, -0.2) is 14.6 Å². The van der Waals surface area contributed by atoms with E-state index in [1.807, 2.05) is 31.2 Å². The molecule has 0 unspecified atom stereocenters. The molecule has 2 N–H and O–H groups in total. The number of amides is 1. The van der Waals surface area contributed by atoms with Crippen molar-refractivity contribution >= 4 is 57.1 Å². The summed E-state index contributed by atoms with van der Waals surface area (Å²) in [7, 11) is 0. The van der Waals surface area contributed by atoms with Crippen molar-refractivity contribution in [3.05, 3.63) is 39.6 Å². The summed E-state index contributed by atoms with van der Waals surface area (Å²) in [6, 6.07) is 7.52. The Morgan fingerprint density at radius 2 is 2.07 bits per heavy atom. The van der Waals surface area contributed by atoms with Gasteiger partial charge in [-0.1, -0.05) is 30.8 Å². The summed E-state index contributed by atoms with van der Waals surface area (Å²) in [5.41, 5.74) is 1.43. The van der Waals surface area contributed by atoms with Gasteiger partial charge in [-0.2, -0.15) is 5.10 Å². The van der Waals surface area contributed by atoms with Crippen LogP contribution in [0.3, 0.4) is 0 Å². The number of nitrogens with zero attached hydrogens (tertiary/aromatic N) is 4. The van der Waals surface area contributed by atoms with Gasteiger partial charge in [-0.15, -0.1) is 0 Å². The minimum Gasteiger partial charge on any atom is -0.380 e. The maximum atomic E-state index is 12.4. The van der Waals surface area contributed by atoms with Crippen LogP contribution < -0.4 is 10.6 Å². The number of benzene rings is 1. The second-order valence-corrected chi connectivity index (χ2v) is 8.65. The lowest BCUT2D eigenvalue weighted by molar-refractivity contribution is 0.0951. The van der Waals surface area contributed by atoms with Crippen LogP contribution in [-0.2, 0) is 11.3 Å². The number of hydrogen-bond donors (Lipinski definition) is 2. The van der Waals surface area contributed by atoms with E-state index in [2.05, 4.69) is 55.2 Å². The van der Waals surface area contributed by atoms with Crippen molar-refractivity contribution < 1.29 is 9.53 Å². The van der Waals surface area contributed by atoms with Crippen molar-refractivity contribution in [2.24, 2.45) is 0 Å². The standard InChI is InChI=1S/C20H25IN6O2S/c1-3-29-12-10-22-17-15-13-24-27(18(15)26-20(25-17)30-4-2)11-9-23-19(28)14-7-5-6-8-16(14)21/h5-8,13H,3-4,9-12H2,1-2H3,(H,23,28)(H,22,25,26). The maximum Gasteiger partial charge on any atom is 0.252 e. The Labute approximate surface area is 193 Å². The first-order chi connectivity index (χ1) is 14.6. The molecule has 2 aromatic heterocycles. The van der Waals surface area contributed by atoms with E-state index < -0.39 is 0 Å². The highest BCUT2D eigenvalue weighted by Crippen LogP contribution is 2.24. The van der Waals surface area contributed by atoms with Crippen molar-refractivity contribution in [2.45, 2.75) is 25.5 Å². The van der Waals surface area contributed by atoms with Gasteiger partial charge < -0.3 is 15.4 Å². The number of thioether (sulfide) groups is 1. The van der Waals surface area contributed by atoms with Crippen molar-refractivity contribution in [2.75, 3.05) is 37.4 Å². The third-order valence-corrected chi connectivity index (χ3v) is 5.89. The van der Waals surface area contributed by atoms with Crippen molar-refractivity contribution in [3.8, 4) is 0 Å². The van der Waals surface area contributed by atoms with Crippen molar-refractivity contribution in [1.29, 1.82) is 0 Å². The van der Waals surface area contributed by atoms with E-state index in [1.165, 1.54) is 0 Å². The molecule has 0 aliphatic rings. The number of hydrogen-bond acceptors (Lipinski definition) is 7. The van der Waals surface area contributed by atoms with Gasteiger partial charge in [0.2, 0.25) is 0 Å². The lowest BCUT2D eigenvalue weighted by Crippen LogP contribution is -2.28. The first-order valence-corrected chi connectivity index (χ1v) is 11.9. The summed E-state index contributed by atoms with van der Waals surface area (Å²) in [6.07, 6.45) is 1.76. The molecule has 3 rings (SSSR count). The number of anilines is 1. The summed E-state index contributed by atoms with van der Waals surface area (Å²) in [5, 5.41) is 12.3. The fourth-order valence-corrected chi connectivity index (χ4v) is 4.03. The monoisotopic (exact) mass is 540 g/mol. The largest absolute Gasteiger partial charge is 0.380 e. The first kappa shape index (κ1) is 22.8. The summed E-state index contributed by atoms with van der Waals surface area (Å²) in [5.74, 6) is 1.54. The maximum absolute atomic E-state index is 12.4. The Morgan fingerprint density at radius 3 is 2.83 bits per heavy atom. The average molecular weight is 540 g/mol. The molecule has 0 bridgehead atoms. The highest BCUT2D eigenvalue weighted by Gasteiger charge is 2.14. The van der Waals surface area contributed by atoms with Gasteiger partial charge in [0.05, 0.1) is 30.3 Å². The number of ether oxygens (including phenoxy) is 1. The summed E-state index contributed by atoms with van der Waals surface area (Å²) in [6.45, 7) is 6.96. The Bertz CT molecular complexity index is 997. The number of nitrogens with one attached hydrogen (secondary N) is 2. The lowest BCUT2D eigenvalue weighted by Gasteiger charge is -2.10. The van der Waals surface area contributed by atoms with E-state index in [0.29, 0.717) is 43.6 Å². The van der Waals surface area contributed by atoms with Crippen LogP contribution in [0.4, 0.5) is 5.82 Å². The molecular weight excluding hydrogens is 515 g/mol. The zero-order valence-electron chi connectivity index (χ0n) is 17.0. The Balaban J connectivity index is 1.71. The highest BCUT2D eigenvalue weighted by atomic mass is 127. The van der Waals surface area contributed by atoms with E-state index in [4.69, 9.17) is 4.74 Å². The molecule has 30 heavy (non-hydrogen) atoms. The Hall–Kier alpha value is -1.92. The van der Waals surface area contributed by atoms with Crippen LogP contribution in [-0.4, -0.2) is 57.7 Å². The van der Waals surface area contributed by atoms with Gasteiger partial charge in [-0.05, 0) is 47.4 Å². The lowest BCUT2D eigenvalue weighted by atomic mass is 10.2. The zero-order valence-corrected chi connectivity index (χ0v) is 20.0. The molecule has 0 atom stereocenters. The van der Waals surface area contributed by atoms with Crippen LogP contribution in [0.1, 0.15) is 24.2 Å². The molecule has 0 aliphatic carbocycles. The third-order valence-electron chi connectivity index (χ3n) is 4.22. The molecule has 3 aromatic rings. The predicted molar refractivity (Wildman–Crippen MR) is 128 cm³/mol. The summed E-state index contributed by atoms with van der Waals surface area (Å²) < 4.78 is 8.13. The summed E-state index contributed by atoms with van der Waals surface area (Å²) in [4.78, 5) is 21.7. The van der Waals surface area contributed by atoms with Crippen molar-refractivity contribution in [3.63, 3.8) is 0 Å². The second kappa shape index (κ2) is 11.5. The van der Waals surface area contributed by atoms with Gasteiger partial charge in [0, 0.05) is 23.3 Å². The average Bonchev–Trinajstić information content (AvgIpc) is 3.15. The van der Waals surface area contributed by atoms with Crippen LogP contribution in [0.5, 0.6) is 0 Å². The van der Waals surface area contributed by atoms with Gasteiger partial charge in [0.1, 0.15) is 5.82 Å². The molecule has 1 aromatic carbocycles. The molecule has 0 aliphatic heterocycles. The van der Waals surface area contributed by atoms with E-state index in [9.17, 15) is 4.79 Å². The smallest absolute Gasteiger partial charge is 0.252 e. The van der Waals surface area contributed by atoms with Gasteiger partial charge in [0.15, 0.2) is 10.8 Å². The molecule has 8 nitrogen and oxygen atoms in total. The van der Waals surface area contributed by atoms with E-state index >= 15 is 0 Å². The van der Waals surface area contributed by atoms with E-state index in [0.717, 1.165) is 26.2 Å². The molecule has 0 fully saturated rings. The Morgan fingerprint density at radius 1 is 1.23 bits per heavy atom. The molecule has 160 valence electrons. The van der Waals surface area contributed by atoms with Crippen LogP contribution in [0.2, 0.25) is 0 Å². The molecule has 1 amide bonds. The zero-order chi connectivity index (χ0) is 21.3. The van der Waals surface area contributed by atoms with Crippen LogP contribution in [0, 0.1) is 3.57 Å². The minimum atomic E-state index is -0.0911. The topological polar surface area (TPSA) is 94.0 Å². The molecule has 0 spiro atoms. The minimum absolute atomic E-state index is 0.0911. The van der Waals surface area contributed by atoms with Crippen molar-refractivity contribution in [1.82, 2.24) is 25.1 Å². The number of fused-ring (bicyclic) bond motifs is 1. The predicted octanol–water partition coefficient (Wildman–Crippen LogP) is 3.42. The third kappa shape index (κ3) is 5.82. The quantitative estimate of drug-likeness (QED) is 0.167. The number of aromatic nitrogens is 4. The van der Waals surface area contributed by atoms with Gasteiger partial charge in [0.25, 0.3) is 5.91 Å². The van der Waals surface area contributed by atoms with Crippen LogP contribution >= 0.6 is 34.4 Å². The summed E-state index contributed by atoms with van der Waals surface area (Å²) >= 11 is 3.75. The SMILES string of the molecule is CCOCCNc1nc(SCC)nc2c1cnn2CCNC(=O)c1ccccc1I. The van der Waals surface area contributed by atoms with E-state index in [-0.39, 0.29) is 5.91 Å². The van der Waals surface area contributed by atoms with Crippen LogP contribution in [0.25, 0.3) is 11.0 Å². The number of halogens is 1. The second-order valence-electron chi connectivity index (χ2n) is 6.25. The molecule has 0 saturated carbocycles. The fourth-order valence-electron chi connectivity index (χ4n) is 2.83. The molecule has 0 saturated heterocycles. The number of rotatable bonds is 11. The highest BCUT2D eigenvalue weighted by molar-refractivity contribution is 14.1. The Kier molecular flexibility index (Phi) is 8.70. The molecule has 2 heterocycles. The van der Waals surface area contributed by atoms with Gasteiger partial charge >= 0.3 is 0 Å². The van der Waals surface area contributed by atoms with Crippen LogP contribution in [0.15, 0.2) is 35.6 Å².